The first-order chi connectivity index (χ1) is 7.15. The van der Waals surface area contributed by atoms with Gasteiger partial charge in [-0.25, -0.2) is 0 Å². The highest BCUT2D eigenvalue weighted by Gasteiger charge is 2.10. The molecule has 0 saturated carbocycles. The summed E-state index contributed by atoms with van der Waals surface area (Å²) in [5.41, 5.74) is 2.63. The smallest absolute Gasteiger partial charge is 0.0443 e. The average molecular weight is 207 g/mol. The Hall–Kier alpha value is -0.860. The number of hydrogen-bond donors (Lipinski definition) is 1. The molecule has 0 saturated heterocycles. The summed E-state index contributed by atoms with van der Waals surface area (Å²) in [6, 6.07) is 9.06. The van der Waals surface area contributed by atoms with Crippen molar-refractivity contribution < 1.29 is 5.11 Å². The van der Waals surface area contributed by atoms with Gasteiger partial charge in [0.05, 0.1) is 0 Å². The van der Waals surface area contributed by atoms with E-state index in [1.54, 1.807) is 0 Å². The number of benzene rings is 1. The summed E-state index contributed by atoms with van der Waals surface area (Å²) in [5.74, 6) is 0. The molecule has 0 heterocycles. The SMILES string of the molecule is Cc1ccc(C(C)N(C)CCCO)cc1. The molecule has 0 fully saturated rings. The van der Waals surface area contributed by atoms with E-state index in [2.05, 4.69) is 50.1 Å². The highest BCUT2D eigenvalue weighted by Crippen LogP contribution is 2.18. The molecule has 84 valence electrons. The van der Waals surface area contributed by atoms with E-state index in [0.717, 1.165) is 13.0 Å². The van der Waals surface area contributed by atoms with Crippen molar-refractivity contribution in [1.82, 2.24) is 4.90 Å². The Morgan fingerprint density at radius 1 is 1.27 bits per heavy atom. The second-order valence-electron chi connectivity index (χ2n) is 4.14. The Balaban J connectivity index is 2.59. The number of aliphatic hydroxyl groups excluding tert-OH is 1. The lowest BCUT2D eigenvalue weighted by atomic mass is 10.1. The molecule has 15 heavy (non-hydrogen) atoms. The fourth-order valence-electron chi connectivity index (χ4n) is 1.61. The Kier molecular flexibility index (Phi) is 4.79. The number of aryl methyl sites for hydroxylation is 1. The summed E-state index contributed by atoms with van der Waals surface area (Å²) in [6.07, 6.45) is 0.840. The first kappa shape index (κ1) is 12.2. The minimum absolute atomic E-state index is 0.269. The van der Waals surface area contributed by atoms with Crippen LogP contribution in [0.3, 0.4) is 0 Å². The highest BCUT2D eigenvalue weighted by atomic mass is 16.3. The zero-order chi connectivity index (χ0) is 11.3. The van der Waals surface area contributed by atoms with Gasteiger partial charge in [0, 0.05) is 19.2 Å². The topological polar surface area (TPSA) is 23.5 Å². The normalized spacial score (nSPS) is 13.1. The van der Waals surface area contributed by atoms with E-state index < -0.39 is 0 Å². The predicted molar refractivity (Wildman–Crippen MR) is 63.9 cm³/mol. The summed E-state index contributed by atoms with van der Waals surface area (Å²) in [4.78, 5) is 2.26. The maximum atomic E-state index is 8.78. The van der Waals surface area contributed by atoms with Crippen LogP contribution in [0.1, 0.15) is 30.5 Å². The maximum Gasteiger partial charge on any atom is 0.0443 e. The van der Waals surface area contributed by atoms with Crippen LogP contribution in [0.25, 0.3) is 0 Å². The number of aliphatic hydroxyl groups is 1. The van der Waals surface area contributed by atoms with Crippen molar-refractivity contribution in [3.05, 3.63) is 35.4 Å². The van der Waals surface area contributed by atoms with Crippen LogP contribution in [0.5, 0.6) is 0 Å². The van der Waals surface area contributed by atoms with Gasteiger partial charge < -0.3 is 5.11 Å². The van der Waals surface area contributed by atoms with Crippen molar-refractivity contribution in [3.63, 3.8) is 0 Å². The fraction of sp³-hybridized carbons (Fsp3) is 0.538. The predicted octanol–water partition coefficient (Wildman–Crippen LogP) is 2.37. The molecule has 2 heteroatoms. The van der Waals surface area contributed by atoms with Gasteiger partial charge in [-0.2, -0.15) is 0 Å². The highest BCUT2D eigenvalue weighted by molar-refractivity contribution is 5.23. The van der Waals surface area contributed by atoms with E-state index in [1.165, 1.54) is 11.1 Å². The van der Waals surface area contributed by atoms with Gasteiger partial charge >= 0.3 is 0 Å². The first-order valence-corrected chi connectivity index (χ1v) is 5.53. The molecule has 0 radical (unpaired) electrons. The van der Waals surface area contributed by atoms with E-state index in [0.29, 0.717) is 6.04 Å². The van der Waals surface area contributed by atoms with Crippen molar-refractivity contribution in [1.29, 1.82) is 0 Å². The van der Waals surface area contributed by atoms with Crippen molar-refractivity contribution in [3.8, 4) is 0 Å². The van der Waals surface area contributed by atoms with Crippen LogP contribution >= 0.6 is 0 Å². The van der Waals surface area contributed by atoms with E-state index in [-0.39, 0.29) is 6.61 Å². The second-order valence-corrected chi connectivity index (χ2v) is 4.14. The summed E-state index contributed by atoms with van der Waals surface area (Å²) in [7, 11) is 2.10. The zero-order valence-corrected chi connectivity index (χ0v) is 9.90. The third-order valence-corrected chi connectivity index (χ3v) is 2.89. The minimum atomic E-state index is 0.269. The van der Waals surface area contributed by atoms with Gasteiger partial charge in [0.15, 0.2) is 0 Å². The molecule has 0 spiro atoms. The lowest BCUT2D eigenvalue weighted by molar-refractivity contribution is 0.216. The number of hydrogen-bond acceptors (Lipinski definition) is 2. The van der Waals surface area contributed by atoms with Gasteiger partial charge in [-0.3, -0.25) is 4.90 Å². The summed E-state index contributed by atoms with van der Waals surface area (Å²) in [6.45, 7) is 5.50. The summed E-state index contributed by atoms with van der Waals surface area (Å²) < 4.78 is 0. The van der Waals surface area contributed by atoms with E-state index >= 15 is 0 Å². The molecule has 1 atom stereocenters. The maximum absolute atomic E-state index is 8.78. The lowest BCUT2D eigenvalue weighted by Crippen LogP contribution is -2.24. The molecule has 0 aliphatic rings. The van der Waals surface area contributed by atoms with Crippen molar-refractivity contribution in [2.75, 3.05) is 20.2 Å². The Labute approximate surface area is 92.5 Å². The van der Waals surface area contributed by atoms with Gasteiger partial charge in [0.2, 0.25) is 0 Å². The van der Waals surface area contributed by atoms with Gasteiger partial charge in [0.1, 0.15) is 0 Å². The monoisotopic (exact) mass is 207 g/mol. The average Bonchev–Trinajstić information content (AvgIpc) is 2.26. The van der Waals surface area contributed by atoms with Crippen LogP contribution in [0, 0.1) is 6.92 Å². The van der Waals surface area contributed by atoms with Crippen molar-refractivity contribution >= 4 is 0 Å². The van der Waals surface area contributed by atoms with Gasteiger partial charge in [0.25, 0.3) is 0 Å². The van der Waals surface area contributed by atoms with E-state index in [9.17, 15) is 0 Å². The first-order valence-electron chi connectivity index (χ1n) is 5.53. The molecular formula is C13H21NO. The van der Waals surface area contributed by atoms with Crippen LogP contribution in [0.15, 0.2) is 24.3 Å². The number of rotatable bonds is 5. The third kappa shape index (κ3) is 3.65. The molecule has 0 amide bonds. The summed E-state index contributed by atoms with van der Waals surface area (Å²) >= 11 is 0. The van der Waals surface area contributed by atoms with Crippen LogP contribution in [-0.4, -0.2) is 30.2 Å². The van der Waals surface area contributed by atoms with Gasteiger partial charge in [-0.1, -0.05) is 29.8 Å². The zero-order valence-electron chi connectivity index (χ0n) is 9.90. The Morgan fingerprint density at radius 3 is 2.40 bits per heavy atom. The molecule has 1 unspecified atom stereocenters. The third-order valence-electron chi connectivity index (χ3n) is 2.89. The molecule has 0 aliphatic carbocycles. The standard InChI is InChI=1S/C13H21NO/c1-11-5-7-13(8-6-11)12(2)14(3)9-4-10-15/h5-8,12,15H,4,9-10H2,1-3H3. The van der Waals surface area contributed by atoms with Gasteiger partial charge in [-0.05, 0) is 32.9 Å². The molecule has 0 aromatic heterocycles. The molecule has 2 nitrogen and oxygen atoms in total. The lowest BCUT2D eigenvalue weighted by Gasteiger charge is -2.24. The van der Waals surface area contributed by atoms with Crippen LogP contribution in [0.4, 0.5) is 0 Å². The number of nitrogens with zero attached hydrogens (tertiary/aromatic N) is 1. The van der Waals surface area contributed by atoms with Crippen LogP contribution in [-0.2, 0) is 0 Å². The largest absolute Gasteiger partial charge is 0.396 e. The molecule has 0 bridgehead atoms. The molecule has 1 aromatic carbocycles. The fourth-order valence-corrected chi connectivity index (χ4v) is 1.61. The molecule has 1 N–H and O–H groups in total. The quantitative estimate of drug-likeness (QED) is 0.801. The second kappa shape index (κ2) is 5.89. The minimum Gasteiger partial charge on any atom is -0.396 e. The van der Waals surface area contributed by atoms with Crippen molar-refractivity contribution in [2.45, 2.75) is 26.3 Å². The van der Waals surface area contributed by atoms with E-state index in [4.69, 9.17) is 5.11 Å². The van der Waals surface area contributed by atoms with Crippen LogP contribution in [0.2, 0.25) is 0 Å². The molecular weight excluding hydrogens is 186 g/mol. The molecule has 1 rings (SSSR count). The van der Waals surface area contributed by atoms with Crippen molar-refractivity contribution in [2.24, 2.45) is 0 Å². The molecule has 0 aliphatic heterocycles. The van der Waals surface area contributed by atoms with Crippen LogP contribution < -0.4 is 0 Å². The van der Waals surface area contributed by atoms with Gasteiger partial charge in [-0.15, -0.1) is 0 Å². The Bertz CT molecular complexity index is 281. The Morgan fingerprint density at radius 2 is 1.87 bits per heavy atom. The molecule has 1 aromatic rings. The van der Waals surface area contributed by atoms with E-state index in [1.807, 2.05) is 0 Å². The summed E-state index contributed by atoms with van der Waals surface area (Å²) in [5, 5.41) is 8.78.